The highest BCUT2D eigenvalue weighted by Crippen LogP contribution is 2.32. The molecule has 0 aliphatic carbocycles. The number of hydrogen-bond donors (Lipinski definition) is 1. The van der Waals surface area contributed by atoms with Gasteiger partial charge in [0.15, 0.2) is 0 Å². The average Bonchev–Trinajstić information content (AvgIpc) is 3.65. The van der Waals surface area contributed by atoms with Crippen molar-refractivity contribution < 1.29 is 5.11 Å². The molecule has 0 aromatic carbocycles. The lowest BCUT2D eigenvalue weighted by Gasteiger charge is -2.13. The van der Waals surface area contributed by atoms with Crippen LogP contribution < -0.4 is 0 Å². The first-order chi connectivity index (χ1) is 16.5. The van der Waals surface area contributed by atoms with Crippen molar-refractivity contribution in [2.75, 3.05) is 0 Å². The van der Waals surface area contributed by atoms with Gasteiger partial charge in [-0.15, -0.1) is 22.7 Å². The van der Waals surface area contributed by atoms with Crippen LogP contribution in [0, 0.1) is 0 Å². The molecule has 5 aromatic rings. The van der Waals surface area contributed by atoms with E-state index in [1.54, 1.807) is 33.1 Å². The molecule has 0 aliphatic rings. The number of aliphatic hydroxyl groups is 1. The monoisotopic (exact) mass is 496 g/mol. The number of thiazole rings is 2. The standard InChI is InChI=1S/C13H15N5S.C10H13N3OS/c1-3-11(18-5-4-14-9-18)12-7-15-13(19-12)10-6-16-17(2)8-10;1-3-8(14)9-5-11-10(15-9)7-4-12-13(2)6-7/h4-9,11H,3H2,1-2H3;4-6,8,14H,3H2,1-2H3. The number of nitrogens with zero attached hydrogens (tertiary/aromatic N) is 8. The van der Waals surface area contributed by atoms with E-state index in [2.05, 4.69) is 36.6 Å². The van der Waals surface area contributed by atoms with E-state index in [0.717, 1.165) is 32.4 Å². The molecule has 0 bridgehead atoms. The zero-order valence-corrected chi connectivity index (χ0v) is 21.2. The van der Waals surface area contributed by atoms with Crippen molar-refractivity contribution in [3.63, 3.8) is 0 Å². The van der Waals surface area contributed by atoms with Crippen molar-refractivity contribution in [2.45, 2.75) is 38.8 Å². The van der Waals surface area contributed by atoms with Crippen LogP contribution in [0.4, 0.5) is 0 Å². The lowest BCUT2D eigenvalue weighted by Crippen LogP contribution is -2.05. The topological polar surface area (TPSA) is 99.5 Å². The molecule has 0 amide bonds. The Morgan fingerprint density at radius 3 is 1.91 bits per heavy atom. The average molecular weight is 497 g/mol. The molecule has 34 heavy (non-hydrogen) atoms. The maximum Gasteiger partial charge on any atom is 0.126 e. The molecular formula is C23H28N8OS2. The van der Waals surface area contributed by atoms with Gasteiger partial charge in [-0.2, -0.15) is 10.2 Å². The molecule has 5 aromatic heterocycles. The number of hydrogen-bond acceptors (Lipinski definition) is 8. The molecule has 9 nitrogen and oxygen atoms in total. The van der Waals surface area contributed by atoms with Crippen LogP contribution >= 0.6 is 22.7 Å². The first-order valence-corrected chi connectivity index (χ1v) is 12.7. The predicted molar refractivity (Wildman–Crippen MR) is 135 cm³/mol. The van der Waals surface area contributed by atoms with Gasteiger partial charge in [0.2, 0.25) is 0 Å². The van der Waals surface area contributed by atoms with Gasteiger partial charge in [0, 0.05) is 67.3 Å². The maximum atomic E-state index is 9.64. The molecule has 1 N–H and O–H groups in total. The van der Waals surface area contributed by atoms with E-state index in [1.807, 2.05) is 64.5 Å². The molecule has 178 valence electrons. The number of rotatable bonds is 7. The van der Waals surface area contributed by atoms with Gasteiger partial charge in [0.1, 0.15) is 10.0 Å². The number of aliphatic hydroxyl groups excluding tert-OH is 1. The summed E-state index contributed by atoms with van der Waals surface area (Å²) in [5, 5.41) is 19.8. The molecule has 5 heterocycles. The number of aromatic nitrogens is 8. The van der Waals surface area contributed by atoms with Gasteiger partial charge in [0.05, 0.1) is 35.7 Å². The van der Waals surface area contributed by atoms with E-state index in [1.165, 1.54) is 16.2 Å². The summed E-state index contributed by atoms with van der Waals surface area (Å²) in [4.78, 5) is 15.1. The Bertz CT molecular complexity index is 1300. The highest BCUT2D eigenvalue weighted by atomic mass is 32.1. The second kappa shape index (κ2) is 10.9. The molecule has 0 aliphatic heterocycles. The van der Waals surface area contributed by atoms with E-state index in [-0.39, 0.29) is 0 Å². The fourth-order valence-electron chi connectivity index (χ4n) is 3.43. The number of aryl methyl sites for hydroxylation is 2. The summed E-state index contributed by atoms with van der Waals surface area (Å²) in [6.07, 6.45) is 18.2. The second-order valence-corrected chi connectivity index (χ2v) is 9.92. The summed E-state index contributed by atoms with van der Waals surface area (Å²) in [6.45, 7) is 4.13. The lowest BCUT2D eigenvalue weighted by molar-refractivity contribution is 0.177. The van der Waals surface area contributed by atoms with E-state index < -0.39 is 6.10 Å². The quantitative estimate of drug-likeness (QED) is 0.350. The minimum atomic E-state index is -0.395. The third-order valence-electron chi connectivity index (χ3n) is 5.27. The summed E-state index contributed by atoms with van der Waals surface area (Å²) < 4.78 is 5.66. The van der Waals surface area contributed by atoms with Crippen LogP contribution in [-0.4, -0.2) is 44.2 Å². The van der Waals surface area contributed by atoms with Gasteiger partial charge in [-0.3, -0.25) is 9.36 Å². The molecule has 5 rings (SSSR count). The van der Waals surface area contributed by atoms with E-state index in [9.17, 15) is 5.11 Å². The summed E-state index contributed by atoms with van der Waals surface area (Å²) in [5.41, 5.74) is 2.07. The van der Waals surface area contributed by atoms with Crippen molar-refractivity contribution in [1.29, 1.82) is 0 Å². The summed E-state index contributed by atoms with van der Waals surface area (Å²) in [7, 11) is 3.79. The van der Waals surface area contributed by atoms with Crippen molar-refractivity contribution in [3.05, 3.63) is 65.7 Å². The SMILES string of the molecule is CCC(O)c1cnc(-c2cnn(C)c2)s1.CCC(c1cnc(-c2cnn(C)c2)s1)n1ccnc1. The fourth-order valence-corrected chi connectivity index (χ4v) is 5.47. The fraction of sp³-hybridized carbons (Fsp3) is 0.348. The van der Waals surface area contributed by atoms with Gasteiger partial charge in [-0.1, -0.05) is 13.8 Å². The third-order valence-corrected chi connectivity index (χ3v) is 7.56. The Morgan fingerprint density at radius 1 is 0.853 bits per heavy atom. The molecule has 0 fully saturated rings. The molecule has 0 saturated heterocycles. The highest BCUT2D eigenvalue weighted by molar-refractivity contribution is 7.15. The normalized spacial score (nSPS) is 12.9. The van der Waals surface area contributed by atoms with Crippen LogP contribution in [-0.2, 0) is 14.1 Å². The van der Waals surface area contributed by atoms with Crippen molar-refractivity contribution in [3.8, 4) is 21.1 Å². The van der Waals surface area contributed by atoms with Crippen LogP contribution in [0.25, 0.3) is 21.1 Å². The summed E-state index contributed by atoms with van der Waals surface area (Å²) >= 11 is 3.23. The van der Waals surface area contributed by atoms with Gasteiger partial charge in [-0.05, 0) is 12.8 Å². The summed E-state index contributed by atoms with van der Waals surface area (Å²) in [5.74, 6) is 0. The smallest absolute Gasteiger partial charge is 0.126 e. The minimum Gasteiger partial charge on any atom is -0.388 e. The van der Waals surface area contributed by atoms with Crippen LogP contribution in [0.15, 0.2) is 55.9 Å². The largest absolute Gasteiger partial charge is 0.388 e. The second-order valence-electron chi connectivity index (χ2n) is 7.80. The van der Waals surface area contributed by atoms with Crippen LogP contribution in [0.1, 0.15) is 48.6 Å². The van der Waals surface area contributed by atoms with E-state index >= 15 is 0 Å². The molecule has 0 saturated carbocycles. The lowest BCUT2D eigenvalue weighted by atomic mass is 10.2. The molecule has 2 atom stereocenters. The molecule has 11 heteroatoms. The summed E-state index contributed by atoms with van der Waals surface area (Å²) in [6, 6.07) is 0.311. The van der Waals surface area contributed by atoms with E-state index in [0.29, 0.717) is 12.5 Å². The Labute approximate surface area is 206 Å². The Hall–Kier alpha value is -3.15. The van der Waals surface area contributed by atoms with Crippen LogP contribution in [0.3, 0.4) is 0 Å². The van der Waals surface area contributed by atoms with Crippen molar-refractivity contribution in [1.82, 2.24) is 39.1 Å². The number of imidazole rings is 1. The molecule has 2 unspecified atom stereocenters. The Kier molecular flexibility index (Phi) is 7.66. The Balaban J connectivity index is 0.000000166. The zero-order chi connectivity index (χ0) is 24.1. The molecular weight excluding hydrogens is 468 g/mol. The van der Waals surface area contributed by atoms with Crippen molar-refractivity contribution >= 4 is 22.7 Å². The van der Waals surface area contributed by atoms with Crippen LogP contribution in [0.2, 0.25) is 0 Å². The molecule has 0 spiro atoms. The van der Waals surface area contributed by atoms with Gasteiger partial charge >= 0.3 is 0 Å². The third kappa shape index (κ3) is 5.49. The first-order valence-electron chi connectivity index (χ1n) is 11.0. The Morgan fingerprint density at radius 2 is 1.44 bits per heavy atom. The highest BCUT2D eigenvalue weighted by Gasteiger charge is 2.16. The first kappa shape index (κ1) is 24.0. The van der Waals surface area contributed by atoms with Crippen molar-refractivity contribution in [2.24, 2.45) is 14.1 Å². The zero-order valence-electron chi connectivity index (χ0n) is 19.6. The van der Waals surface area contributed by atoms with Gasteiger partial charge in [0.25, 0.3) is 0 Å². The van der Waals surface area contributed by atoms with E-state index in [4.69, 9.17) is 0 Å². The van der Waals surface area contributed by atoms with Gasteiger partial charge in [-0.25, -0.2) is 15.0 Å². The van der Waals surface area contributed by atoms with Gasteiger partial charge < -0.3 is 9.67 Å². The molecule has 0 radical (unpaired) electrons. The maximum absolute atomic E-state index is 9.64. The predicted octanol–water partition coefficient (Wildman–Crippen LogP) is 4.73. The van der Waals surface area contributed by atoms with Crippen LogP contribution in [0.5, 0.6) is 0 Å². The minimum absolute atomic E-state index is 0.311.